The number of amides is 2. The summed E-state index contributed by atoms with van der Waals surface area (Å²) >= 11 is 0. The predicted octanol–water partition coefficient (Wildman–Crippen LogP) is 0.652. The Kier molecular flexibility index (Phi) is 3.58. The summed E-state index contributed by atoms with van der Waals surface area (Å²) in [7, 11) is 0. The van der Waals surface area contributed by atoms with Gasteiger partial charge in [0.25, 0.3) is 0 Å². The number of aliphatic carboxylic acids is 1. The number of urea groups is 1. The smallest absolute Gasteiger partial charge is 0.317 e. The van der Waals surface area contributed by atoms with E-state index in [4.69, 9.17) is 5.11 Å². The number of aliphatic hydroxyl groups is 1. The highest BCUT2D eigenvalue weighted by atomic mass is 16.4. The van der Waals surface area contributed by atoms with Gasteiger partial charge in [0.05, 0.1) is 12.5 Å². The number of hydrogen-bond acceptors (Lipinski definition) is 3. The molecule has 20 heavy (non-hydrogen) atoms. The zero-order chi connectivity index (χ0) is 14.3. The van der Waals surface area contributed by atoms with Crippen molar-refractivity contribution in [3.63, 3.8) is 0 Å². The van der Waals surface area contributed by atoms with Gasteiger partial charge >= 0.3 is 12.0 Å². The molecule has 3 fully saturated rings. The molecule has 112 valence electrons. The SMILES string of the molecule is O=C(O)C1C2CCC(C2)C1NC(=O)N(CCO)C1CC1. The number of fused-ring (bicyclic) bond motifs is 2. The zero-order valence-electron chi connectivity index (χ0n) is 11.5. The minimum absolute atomic E-state index is 0.0526. The van der Waals surface area contributed by atoms with E-state index in [0.29, 0.717) is 12.5 Å². The summed E-state index contributed by atoms with van der Waals surface area (Å²) in [5.41, 5.74) is 0. The number of carbonyl (C=O) groups is 2. The van der Waals surface area contributed by atoms with Crippen molar-refractivity contribution in [3.05, 3.63) is 0 Å². The second-order valence-corrected chi connectivity index (χ2v) is 6.32. The van der Waals surface area contributed by atoms with Crippen molar-refractivity contribution >= 4 is 12.0 Å². The van der Waals surface area contributed by atoms with Gasteiger partial charge in [-0.1, -0.05) is 0 Å². The Labute approximate surface area is 118 Å². The molecule has 6 nitrogen and oxygen atoms in total. The molecular formula is C14H22N2O4. The Morgan fingerprint density at radius 1 is 1.15 bits per heavy atom. The van der Waals surface area contributed by atoms with E-state index in [1.54, 1.807) is 4.90 Å². The van der Waals surface area contributed by atoms with Gasteiger partial charge < -0.3 is 20.4 Å². The third-order valence-corrected chi connectivity index (χ3v) is 5.08. The third kappa shape index (κ3) is 2.37. The molecule has 3 aliphatic rings. The first kappa shape index (κ1) is 13.7. The zero-order valence-corrected chi connectivity index (χ0v) is 11.5. The molecule has 3 aliphatic carbocycles. The van der Waals surface area contributed by atoms with E-state index in [-0.39, 0.29) is 30.6 Å². The summed E-state index contributed by atoms with van der Waals surface area (Å²) in [6, 6.07) is -0.215. The van der Waals surface area contributed by atoms with Gasteiger partial charge in [0, 0.05) is 18.6 Å². The summed E-state index contributed by atoms with van der Waals surface area (Å²) in [5, 5.41) is 21.4. The second kappa shape index (κ2) is 5.24. The van der Waals surface area contributed by atoms with Crippen molar-refractivity contribution in [2.75, 3.05) is 13.2 Å². The molecule has 4 unspecified atom stereocenters. The van der Waals surface area contributed by atoms with Gasteiger partial charge in [0.15, 0.2) is 0 Å². The normalized spacial score (nSPS) is 35.0. The van der Waals surface area contributed by atoms with Crippen LogP contribution in [0.25, 0.3) is 0 Å². The van der Waals surface area contributed by atoms with Crippen molar-refractivity contribution in [1.29, 1.82) is 0 Å². The van der Waals surface area contributed by atoms with Gasteiger partial charge in [-0.25, -0.2) is 4.79 Å². The molecule has 0 aliphatic heterocycles. The van der Waals surface area contributed by atoms with Gasteiger partial charge in [-0.2, -0.15) is 0 Å². The summed E-state index contributed by atoms with van der Waals surface area (Å²) in [6.45, 7) is 0.276. The molecule has 3 rings (SSSR count). The van der Waals surface area contributed by atoms with Crippen LogP contribution in [-0.4, -0.2) is 52.3 Å². The number of carbonyl (C=O) groups excluding carboxylic acids is 1. The average Bonchev–Trinajstić information content (AvgIpc) is 3.04. The first-order valence-electron chi connectivity index (χ1n) is 7.52. The lowest BCUT2D eigenvalue weighted by Gasteiger charge is -2.31. The monoisotopic (exact) mass is 282 g/mol. The molecule has 2 bridgehead atoms. The second-order valence-electron chi connectivity index (χ2n) is 6.32. The Hall–Kier alpha value is -1.30. The average molecular weight is 282 g/mol. The molecule has 3 N–H and O–H groups in total. The van der Waals surface area contributed by atoms with E-state index < -0.39 is 11.9 Å². The standard InChI is InChI=1S/C14H22N2O4/c17-6-5-16(10-3-4-10)14(20)15-12-9-2-1-8(7-9)11(12)13(18)19/h8-12,17H,1-7H2,(H,15,20)(H,18,19). The van der Waals surface area contributed by atoms with Crippen LogP contribution in [0.5, 0.6) is 0 Å². The summed E-state index contributed by atoms with van der Waals surface area (Å²) in [6.07, 6.45) is 4.87. The van der Waals surface area contributed by atoms with Crippen LogP contribution < -0.4 is 5.32 Å². The van der Waals surface area contributed by atoms with Crippen LogP contribution in [0.3, 0.4) is 0 Å². The quantitative estimate of drug-likeness (QED) is 0.690. The van der Waals surface area contributed by atoms with Crippen LogP contribution in [0.1, 0.15) is 32.1 Å². The predicted molar refractivity (Wildman–Crippen MR) is 71.1 cm³/mol. The molecule has 0 radical (unpaired) electrons. The molecule has 6 heteroatoms. The van der Waals surface area contributed by atoms with Gasteiger partial charge in [-0.15, -0.1) is 0 Å². The lowest BCUT2D eigenvalue weighted by molar-refractivity contribution is -0.144. The Morgan fingerprint density at radius 3 is 2.45 bits per heavy atom. The van der Waals surface area contributed by atoms with Crippen molar-refractivity contribution < 1.29 is 19.8 Å². The molecule has 0 spiro atoms. The van der Waals surface area contributed by atoms with E-state index in [2.05, 4.69) is 5.32 Å². The van der Waals surface area contributed by atoms with Crippen LogP contribution in [-0.2, 0) is 4.79 Å². The topological polar surface area (TPSA) is 89.9 Å². The number of rotatable bonds is 5. The highest BCUT2D eigenvalue weighted by Gasteiger charge is 2.52. The van der Waals surface area contributed by atoms with Gasteiger partial charge in [-0.05, 0) is 43.9 Å². The Morgan fingerprint density at radius 2 is 1.85 bits per heavy atom. The number of aliphatic hydroxyl groups excluding tert-OH is 1. The minimum atomic E-state index is -0.789. The Bertz CT molecular complexity index is 410. The molecule has 3 saturated carbocycles. The lowest BCUT2D eigenvalue weighted by Crippen LogP contribution is -2.52. The summed E-state index contributed by atoms with van der Waals surface area (Å²) in [4.78, 5) is 25.4. The molecular weight excluding hydrogens is 260 g/mol. The van der Waals surface area contributed by atoms with Crippen LogP contribution >= 0.6 is 0 Å². The van der Waals surface area contributed by atoms with Crippen LogP contribution in [0.2, 0.25) is 0 Å². The lowest BCUT2D eigenvalue weighted by atomic mass is 9.84. The first-order valence-corrected chi connectivity index (χ1v) is 7.52. The first-order chi connectivity index (χ1) is 9.61. The molecule has 0 saturated heterocycles. The van der Waals surface area contributed by atoms with Crippen molar-refractivity contribution in [1.82, 2.24) is 10.2 Å². The summed E-state index contributed by atoms with van der Waals surface area (Å²) in [5.74, 6) is -0.703. The molecule has 0 aromatic carbocycles. The number of nitrogens with zero attached hydrogens (tertiary/aromatic N) is 1. The maximum Gasteiger partial charge on any atom is 0.317 e. The molecule has 0 aromatic heterocycles. The van der Waals surface area contributed by atoms with Crippen molar-refractivity contribution in [2.45, 2.75) is 44.2 Å². The number of nitrogens with one attached hydrogen (secondary N) is 1. The molecule has 2 amide bonds. The molecule has 4 atom stereocenters. The Balaban J connectivity index is 1.66. The van der Waals surface area contributed by atoms with E-state index in [0.717, 1.165) is 32.1 Å². The third-order valence-electron chi connectivity index (χ3n) is 5.08. The van der Waals surface area contributed by atoms with E-state index in [1.807, 2.05) is 0 Å². The highest BCUT2D eigenvalue weighted by Crippen LogP contribution is 2.48. The van der Waals surface area contributed by atoms with Gasteiger partial charge in [0.2, 0.25) is 0 Å². The number of carboxylic acids is 1. The van der Waals surface area contributed by atoms with Crippen LogP contribution in [0, 0.1) is 17.8 Å². The van der Waals surface area contributed by atoms with Gasteiger partial charge in [-0.3, -0.25) is 4.79 Å². The van der Waals surface area contributed by atoms with Crippen molar-refractivity contribution in [3.8, 4) is 0 Å². The van der Waals surface area contributed by atoms with E-state index >= 15 is 0 Å². The maximum absolute atomic E-state index is 12.3. The fraction of sp³-hybridized carbons (Fsp3) is 0.857. The van der Waals surface area contributed by atoms with Crippen LogP contribution in [0.15, 0.2) is 0 Å². The fourth-order valence-electron chi connectivity index (χ4n) is 4.02. The van der Waals surface area contributed by atoms with Crippen LogP contribution in [0.4, 0.5) is 4.79 Å². The number of hydrogen-bond donors (Lipinski definition) is 3. The van der Waals surface area contributed by atoms with E-state index in [1.165, 1.54) is 0 Å². The van der Waals surface area contributed by atoms with E-state index in [9.17, 15) is 14.7 Å². The fourth-order valence-corrected chi connectivity index (χ4v) is 4.02. The number of carboxylic acid groups (broad SMARTS) is 1. The summed E-state index contributed by atoms with van der Waals surface area (Å²) < 4.78 is 0. The van der Waals surface area contributed by atoms with Crippen molar-refractivity contribution in [2.24, 2.45) is 17.8 Å². The maximum atomic E-state index is 12.3. The molecule has 0 heterocycles. The highest BCUT2D eigenvalue weighted by molar-refractivity contribution is 5.78. The molecule has 0 aromatic rings. The minimum Gasteiger partial charge on any atom is -0.481 e. The van der Waals surface area contributed by atoms with Gasteiger partial charge in [0.1, 0.15) is 0 Å². The largest absolute Gasteiger partial charge is 0.481 e.